The van der Waals surface area contributed by atoms with Gasteiger partial charge in [-0.1, -0.05) is 18.2 Å². The van der Waals surface area contributed by atoms with Crippen LogP contribution in [0.2, 0.25) is 0 Å². The number of hydrogen-bond donors (Lipinski definition) is 1. The Morgan fingerprint density at radius 1 is 1.67 bits per heavy atom. The van der Waals surface area contributed by atoms with Crippen molar-refractivity contribution < 1.29 is 0 Å². The maximum atomic E-state index is 8.97. The monoisotopic (exact) mass is 221 g/mol. The maximum Gasteiger partial charge on any atom is 0.144 e. The van der Waals surface area contributed by atoms with Crippen LogP contribution in [0.4, 0.5) is 5.82 Å². The van der Waals surface area contributed by atoms with Crippen LogP contribution in [-0.4, -0.2) is 11.5 Å². The highest BCUT2D eigenvalue weighted by Crippen LogP contribution is 2.17. The van der Waals surface area contributed by atoms with Crippen molar-refractivity contribution in [2.24, 2.45) is 0 Å². The molecule has 0 aliphatic rings. The van der Waals surface area contributed by atoms with Crippen LogP contribution >= 0.6 is 11.6 Å². The predicted molar refractivity (Wildman–Crippen MR) is 61.9 cm³/mol. The first kappa shape index (κ1) is 11.5. The molecule has 0 aromatic carbocycles. The number of halogens is 1. The fourth-order valence-corrected chi connectivity index (χ4v) is 1.35. The lowest BCUT2D eigenvalue weighted by molar-refractivity contribution is 1.13. The molecule has 4 heteroatoms. The molecule has 1 rings (SSSR count). The van der Waals surface area contributed by atoms with Crippen molar-refractivity contribution in [3.05, 3.63) is 34.5 Å². The van der Waals surface area contributed by atoms with E-state index in [1.54, 1.807) is 0 Å². The first-order chi connectivity index (χ1) is 7.04. The number of hydrogen-bond acceptors (Lipinski definition) is 3. The highest BCUT2D eigenvalue weighted by atomic mass is 35.5. The normalized spacial score (nSPS) is 9.47. The molecular formula is C11H12ClN3. The van der Waals surface area contributed by atoms with Gasteiger partial charge in [0.05, 0.1) is 12.1 Å². The van der Waals surface area contributed by atoms with Gasteiger partial charge in [-0.2, -0.15) is 5.26 Å². The van der Waals surface area contributed by atoms with E-state index in [1.807, 2.05) is 19.9 Å². The molecule has 0 spiro atoms. The van der Waals surface area contributed by atoms with Gasteiger partial charge < -0.3 is 5.32 Å². The Morgan fingerprint density at radius 3 is 2.87 bits per heavy atom. The molecular weight excluding hydrogens is 210 g/mol. The maximum absolute atomic E-state index is 8.97. The summed E-state index contributed by atoms with van der Waals surface area (Å²) in [5.74, 6) is 0.566. The zero-order chi connectivity index (χ0) is 11.4. The van der Waals surface area contributed by atoms with Crippen LogP contribution in [0.5, 0.6) is 0 Å². The van der Waals surface area contributed by atoms with Crippen LogP contribution in [0.1, 0.15) is 16.8 Å². The summed E-state index contributed by atoms with van der Waals surface area (Å²) >= 11 is 5.64. The third-order valence-electron chi connectivity index (χ3n) is 1.90. The summed E-state index contributed by atoms with van der Waals surface area (Å²) in [4.78, 5) is 4.24. The molecule has 1 N–H and O–H groups in total. The van der Waals surface area contributed by atoms with E-state index in [4.69, 9.17) is 16.9 Å². The minimum absolute atomic E-state index is 0.409. The van der Waals surface area contributed by atoms with E-state index < -0.39 is 0 Å². The second-order valence-electron chi connectivity index (χ2n) is 3.29. The minimum Gasteiger partial charge on any atom is -0.364 e. The highest BCUT2D eigenvalue weighted by Gasteiger charge is 2.07. The molecule has 15 heavy (non-hydrogen) atoms. The second kappa shape index (κ2) is 4.81. The number of nitrogens with one attached hydrogen (secondary N) is 1. The molecule has 0 radical (unpaired) electrons. The van der Waals surface area contributed by atoms with Crippen molar-refractivity contribution in [3.8, 4) is 6.07 Å². The third kappa shape index (κ3) is 2.97. The molecule has 0 aliphatic carbocycles. The number of pyridine rings is 1. The van der Waals surface area contributed by atoms with E-state index in [2.05, 4.69) is 22.9 Å². The molecule has 0 fully saturated rings. The van der Waals surface area contributed by atoms with Crippen molar-refractivity contribution in [1.82, 2.24) is 4.98 Å². The molecule has 0 aliphatic heterocycles. The lowest BCUT2D eigenvalue weighted by Crippen LogP contribution is -2.06. The van der Waals surface area contributed by atoms with Gasteiger partial charge in [0.15, 0.2) is 0 Å². The Balaban J connectivity index is 3.05. The van der Waals surface area contributed by atoms with Crippen molar-refractivity contribution in [2.45, 2.75) is 13.8 Å². The SMILES string of the molecule is C=C(Cl)CNc1nc(C)cc(C)c1C#N. The van der Waals surface area contributed by atoms with E-state index in [-0.39, 0.29) is 0 Å². The van der Waals surface area contributed by atoms with Crippen LogP contribution in [0.15, 0.2) is 17.7 Å². The van der Waals surface area contributed by atoms with Crippen molar-refractivity contribution in [2.75, 3.05) is 11.9 Å². The predicted octanol–water partition coefficient (Wildman–Crippen LogP) is 2.73. The average molecular weight is 222 g/mol. The Bertz CT molecular complexity index is 432. The molecule has 78 valence electrons. The number of anilines is 1. The van der Waals surface area contributed by atoms with Gasteiger partial charge in [0.1, 0.15) is 11.9 Å². The van der Waals surface area contributed by atoms with Gasteiger partial charge in [-0.05, 0) is 25.5 Å². The van der Waals surface area contributed by atoms with Gasteiger partial charge in [-0.15, -0.1) is 0 Å². The molecule has 0 atom stereocenters. The summed E-state index contributed by atoms with van der Waals surface area (Å²) in [7, 11) is 0. The Labute approximate surface area is 94.4 Å². The fraction of sp³-hybridized carbons (Fsp3) is 0.273. The quantitative estimate of drug-likeness (QED) is 0.854. The topological polar surface area (TPSA) is 48.7 Å². The van der Waals surface area contributed by atoms with Crippen molar-refractivity contribution >= 4 is 17.4 Å². The first-order valence-corrected chi connectivity index (χ1v) is 4.88. The van der Waals surface area contributed by atoms with Gasteiger partial charge in [0, 0.05) is 10.7 Å². The molecule has 1 heterocycles. The summed E-state index contributed by atoms with van der Waals surface area (Å²) in [5.41, 5.74) is 2.33. The molecule has 0 unspecified atom stereocenters. The van der Waals surface area contributed by atoms with E-state index in [1.165, 1.54) is 0 Å². The third-order valence-corrected chi connectivity index (χ3v) is 2.04. The smallest absolute Gasteiger partial charge is 0.144 e. The van der Waals surface area contributed by atoms with Gasteiger partial charge in [-0.3, -0.25) is 0 Å². The average Bonchev–Trinajstić information content (AvgIpc) is 2.13. The van der Waals surface area contributed by atoms with E-state index in [0.717, 1.165) is 11.3 Å². The fourth-order valence-electron chi connectivity index (χ4n) is 1.29. The van der Waals surface area contributed by atoms with Crippen LogP contribution < -0.4 is 5.32 Å². The van der Waals surface area contributed by atoms with Crippen LogP contribution in [-0.2, 0) is 0 Å². The van der Waals surface area contributed by atoms with Gasteiger partial charge in [0.25, 0.3) is 0 Å². The molecule has 0 bridgehead atoms. The highest BCUT2D eigenvalue weighted by molar-refractivity contribution is 6.29. The van der Waals surface area contributed by atoms with Crippen LogP contribution in [0.25, 0.3) is 0 Å². The largest absolute Gasteiger partial charge is 0.364 e. The number of aromatic nitrogens is 1. The van der Waals surface area contributed by atoms with E-state index in [0.29, 0.717) is 23.0 Å². The second-order valence-corrected chi connectivity index (χ2v) is 3.82. The number of rotatable bonds is 3. The lowest BCUT2D eigenvalue weighted by Gasteiger charge is -2.09. The van der Waals surface area contributed by atoms with E-state index >= 15 is 0 Å². The molecule has 0 saturated carbocycles. The number of aryl methyl sites for hydroxylation is 2. The van der Waals surface area contributed by atoms with E-state index in [9.17, 15) is 0 Å². The molecule has 0 amide bonds. The van der Waals surface area contributed by atoms with Crippen molar-refractivity contribution in [3.63, 3.8) is 0 Å². The number of nitriles is 1. The Morgan fingerprint density at radius 2 is 2.33 bits per heavy atom. The number of nitrogens with zero attached hydrogens (tertiary/aromatic N) is 2. The lowest BCUT2D eigenvalue weighted by atomic mass is 10.1. The summed E-state index contributed by atoms with van der Waals surface area (Å²) in [5, 5.41) is 12.4. The molecule has 3 nitrogen and oxygen atoms in total. The molecule has 1 aromatic heterocycles. The standard InChI is InChI=1S/C11H12ClN3/c1-7-4-9(3)15-11(10(7)5-13)14-6-8(2)12/h4H,2,6H2,1,3H3,(H,14,15). The van der Waals surface area contributed by atoms with Crippen LogP contribution in [0, 0.1) is 25.2 Å². The molecule has 0 saturated heterocycles. The van der Waals surface area contributed by atoms with Crippen LogP contribution in [0.3, 0.4) is 0 Å². The summed E-state index contributed by atoms with van der Waals surface area (Å²) < 4.78 is 0. The van der Waals surface area contributed by atoms with Gasteiger partial charge >= 0.3 is 0 Å². The Hall–Kier alpha value is -1.53. The van der Waals surface area contributed by atoms with Gasteiger partial charge in [-0.25, -0.2) is 4.98 Å². The minimum atomic E-state index is 0.409. The molecule has 1 aromatic rings. The first-order valence-electron chi connectivity index (χ1n) is 4.50. The van der Waals surface area contributed by atoms with Gasteiger partial charge in [0.2, 0.25) is 0 Å². The van der Waals surface area contributed by atoms with Crippen molar-refractivity contribution in [1.29, 1.82) is 5.26 Å². The Kier molecular flexibility index (Phi) is 3.70. The zero-order valence-electron chi connectivity index (χ0n) is 8.76. The zero-order valence-corrected chi connectivity index (χ0v) is 9.52. The summed E-state index contributed by atoms with van der Waals surface area (Å²) in [6, 6.07) is 3.99. The summed E-state index contributed by atoms with van der Waals surface area (Å²) in [6.07, 6.45) is 0. The summed E-state index contributed by atoms with van der Waals surface area (Å²) in [6.45, 7) is 7.74.